The molecule has 19 heavy (non-hydrogen) atoms. The molecule has 2 fully saturated rings. The molecule has 6 heteroatoms. The van der Waals surface area contributed by atoms with Crippen molar-refractivity contribution in [2.24, 2.45) is 0 Å². The molecule has 1 aromatic heterocycles. The summed E-state index contributed by atoms with van der Waals surface area (Å²) in [5.74, 6) is 1.61. The summed E-state index contributed by atoms with van der Waals surface area (Å²) < 4.78 is 5.23. The first-order valence-corrected chi connectivity index (χ1v) is 7.33. The van der Waals surface area contributed by atoms with E-state index in [0.29, 0.717) is 0 Å². The Bertz CT molecular complexity index is 395. The fraction of sp³-hybridized carbons (Fsp3) is 0.846. The second kappa shape index (κ2) is 5.98. The summed E-state index contributed by atoms with van der Waals surface area (Å²) in [6, 6.07) is 0.767. The van der Waals surface area contributed by atoms with E-state index < -0.39 is 0 Å². The Morgan fingerprint density at radius 2 is 2.05 bits per heavy atom. The van der Waals surface area contributed by atoms with E-state index in [1.165, 1.54) is 0 Å². The van der Waals surface area contributed by atoms with Gasteiger partial charge in [-0.1, -0.05) is 12.1 Å². The fourth-order valence-electron chi connectivity index (χ4n) is 2.69. The topological polar surface area (TPSA) is 57.4 Å². The summed E-state index contributed by atoms with van der Waals surface area (Å²) in [6.45, 7) is 9.79. The lowest BCUT2D eigenvalue weighted by Crippen LogP contribution is -2.61. The van der Waals surface area contributed by atoms with E-state index >= 15 is 0 Å². The maximum atomic E-state index is 5.23. The zero-order valence-electron chi connectivity index (χ0n) is 11.6. The molecule has 2 aliphatic rings. The maximum absolute atomic E-state index is 5.23. The third-order valence-corrected chi connectivity index (χ3v) is 4.02. The van der Waals surface area contributed by atoms with Crippen LogP contribution in [0.15, 0.2) is 4.52 Å². The summed E-state index contributed by atoms with van der Waals surface area (Å²) in [7, 11) is 0. The number of hydrogen-bond acceptors (Lipinski definition) is 6. The molecule has 0 unspecified atom stereocenters. The smallest absolute Gasteiger partial charge is 0.226 e. The lowest BCUT2D eigenvalue weighted by Gasteiger charge is -2.43. The van der Waals surface area contributed by atoms with Gasteiger partial charge in [0.05, 0.1) is 6.54 Å². The van der Waals surface area contributed by atoms with Gasteiger partial charge in [0, 0.05) is 51.7 Å². The molecular formula is C13H23N5O. The quantitative estimate of drug-likeness (QED) is 0.815. The highest BCUT2D eigenvalue weighted by atomic mass is 16.5. The highest BCUT2D eigenvalue weighted by molar-refractivity contribution is 4.90. The monoisotopic (exact) mass is 265 g/mol. The minimum atomic E-state index is 0.767. The molecule has 0 bridgehead atoms. The molecule has 0 aromatic carbocycles. The average Bonchev–Trinajstić information content (AvgIpc) is 2.78. The normalized spacial score (nSPS) is 22.6. The Morgan fingerprint density at radius 3 is 2.68 bits per heavy atom. The van der Waals surface area contributed by atoms with Crippen molar-refractivity contribution in [3.63, 3.8) is 0 Å². The molecule has 0 saturated carbocycles. The van der Waals surface area contributed by atoms with Gasteiger partial charge in [0.1, 0.15) is 0 Å². The predicted octanol–water partition coefficient (Wildman–Crippen LogP) is 0.112. The molecule has 0 radical (unpaired) electrons. The largest absolute Gasteiger partial charge is 0.339 e. The van der Waals surface area contributed by atoms with Gasteiger partial charge in [-0.25, -0.2) is 0 Å². The average molecular weight is 265 g/mol. The summed E-state index contributed by atoms with van der Waals surface area (Å²) in [5.41, 5.74) is 0. The molecule has 2 aliphatic heterocycles. The summed E-state index contributed by atoms with van der Waals surface area (Å²) >= 11 is 0. The van der Waals surface area contributed by atoms with Crippen molar-refractivity contribution in [2.75, 3.05) is 39.3 Å². The number of nitrogens with one attached hydrogen (secondary N) is 1. The van der Waals surface area contributed by atoms with E-state index in [-0.39, 0.29) is 0 Å². The molecule has 0 spiro atoms. The van der Waals surface area contributed by atoms with Crippen LogP contribution in [0.4, 0.5) is 0 Å². The van der Waals surface area contributed by atoms with E-state index in [1.807, 2.05) is 0 Å². The van der Waals surface area contributed by atoms with Crippen LogP contribution in [-0.2, 0) is 13.0 Å². The van der Waals surface area contributed by atoms with E-state index in [1.54, 1.807) is 0 Å². The molecule has 0 atom stereocenters. The van der Waals surface area contributed by atoms with Gasteiger partial charge < -0.3 is 9.84 Å². The molecule has 3 heterocycles. The Kier molecular flexibility index (Phi) is 4.10. The number of aromatic nitrogens is 2. The second-order valence-electron chi connectivity index (χ2n) is 5.48. The molecule has 106 valence electrons. The van der Waals surface area contributed by atoms with Gasteiger partial charge in [-0.2, -0.15) is 4.98 Å². The van der Waals surface area contributed by atoms with Crippen LogP contribution in [0.2, 0.25) is 0 Å². The van der Waals surface area contributed by atoms with E-state index in [4.69, 9.17) is 4.52 Å². The summed E-state index contributed by atoms with van der Waals surface area (Å²) in [4.78, 5) is 9.44. The molecular weight excluding hydrogens is 242 g/mol. The van der Waals surface area contributed by atoms with Crippen molar-refractivity contribution in [3.05, 3.63) is 11.7 Å². The van der Waals surface area contributed by atoms with E-state index in [9.17, 15) is 0 Å². The van der Waals surface area contributed by atoms with Crippen LogP contribution in [-0.4, -0.2) is 65.3 Å². The first-order valence-electron chi connectivity index (χ1n) is 7.33. The number of piperazine rings is 1. The predicted molar refractivity (Wildman–Crippen MR) is 71.8 cm³/mol. The van der Waals surface area contributed by atoms with Crippen molar-refractivity contribution in [1.29, 1.82) is 0 Å². The summed E-state index contributed by atoms with van der Waals surface area (Å²) in [5, 5.41) is 7.40. The molecule has 3 rings (SSSR count). The molecule has 1 aromatic rings. The van der Waals surface area contributed by atoms with Crippen molar-refractivity contribution < 1.29 is 4.52 Å². The third-order valence-electron chi connectivity index (χ3n) is 4.02. The zero-order chi connectivity index (χ0) is 13.1. The highest BCUT2D eigenvalue weighted by Gasteiger charge is 2.27. The van der Waals surface area contributed by atoms with Gasteiger partial charge in [-0.15, -0.1) is 0 Å². The zero-order valence-corrected chi connectivity index (χ0v) is 11.6. The standard InChI is InChI=1S/C13H23N5O/c1-2-3-13-15-12(16-19-13)10-17-4-6-18(7-5-17)11-8-14-9-11/h11,14H,2-10H2,1H3. The Morgan fingerprint density at radius 1 is 1.26 bits per heavy atom. The first-order chi connectivity index (χ1) is 9.35. The van der Waals surface area contributed by atoms with Gasteiger partial charge in [0.2, 0.25) is 5.89 Å². The number of rotatable bonds is 5. The van der Waals surface area contributed by atoms with Crippen LogP contribution < -0.4 is 5.32 Å². The lowest BCUT2D eigenvalue weighted by molar-refractivity contribution is 0.0681. The van der Waals surface area contributed by atoms with Gasteiger partial charge in [-0.3, -0.25) is 9.80 Å². The van der Waals surface area contributed by atoms with Crippen LogP contribution in [0.25, 0.3) is 0 Å². The second-order valence-corrected chi connectivity index (χ2v) is 5.48. The van der Waals surface area contributed by atoms with Crippen LogP contribution in [0.1, 0.15) is 25.1 Å². The fourth-order valence-corrected chi connectivity index (χ4v) is 2.69. The van der Waals surface area contributed by atoms with Crippen molar-refractivity contribution in [1.82, 2.24) is 25.3 Å². The number of aryl methyl sites for hydroxylation is 1. The Balaban J connectivity index is 1.45. The molecule has 6 nitrogen and oxygen atoms in total. The summed E-state index contributed by atoms with van der Waals surface area (Å²) in [6.07, 6.45) is 1.94. The minimum absolute atomic E-state index is 0.767. The van der Waals surface area contributed by atoms with Gasteiger partial charge >= 0.3 is 0 Å². The van der Waals surface area contributed by atoms with Crippen molar-refractivity contribution in [2.45, 2.75) is 32.4 Å². The van der Waals surface area contributed by atoms with E-state index in [0.717, 1.165) is 76.4 Å². The van der Waals surface area contributed by atoms with Gasteiger partial charge in [0.25, 0.3) is 0 Å². The maximum Gasteiger partial charge on any atom is 0.226 e. The third kappa shape index (κ3) is 3.13. The van der Waals surface area contributed by atoms with E-state index in [2.05, 4.69) is 32.2 Å². The van der Waals surface area contributed by atoms with Crippen LogP contribution in [0.3, 0.4) is 0 Å². The molecule has 0 aliphatic carbocycles. The SMILES string of the molecule is CCCc1nc(CN2CCN(C3CNC3)CC2)no1. The van der Waals surface area contributed by atoms with Crippen LogP contribution in [0, 0.1) is 0 Å². The van der Waals surface area contributed by atoms with Gasteiger partial charge in [0.15, 0.2) is 5.82 Å². The molecule has 0 amide bonds. The van der Waals surface area contributed by atoms with Crippen LogP contribution >= 0.6 is 0 Å². The Hall–Kier alpha value is -0.980. The molecule has 2 saturated heterocycles. The Labute approximate surface area is 114 Å². The minimum Gasteiger partial charge on any atom is -0.339 e. The van der Waals surface area contributed by atoms with Crippen molar-refractivity contribution in [3.8, 4) is 0 Å². The first kappa shape index (κ1) is 13.0. The number of nitrogens with zero attached hydrogens (tertiary/aromatic N) is 4. The van der Waals surface area contributed by atoms with Crippen molar-refractivity contribution >= 4 is 0 Å². The van der Waals surface area contributed by atoms with Crippen LogP contribution in [0.5, 0.6) is 0 Å². The highest BCUT2D eigenvalue weighted by Crippen LogP contribution is 2.11. The van der Waals surface area contributed by atoms with Gasteiger partial charge in [-0.05, 0) is 6.42 Å². The molecule has 1 N–H and O–H groups in total. The lowest BCUT2D eigenvalue weighted by atomic mass is 10.1. The number of hydrogen-bond donors (Lipinski definition) is 1.